The third-order valence-corrected chi connectivity index (χ3v) is 5.13. The molecule has 126 valence electrons. The molecule has 0 bridgehead atoms. The van der Waals surface area contributed by atoms with Gasteiger partial charge in [0.05, 0.1) is 5.69 Å². The van der Waals surface area contributed by atoms with Crippen molar-refractivity contribution in [3.05, 3.63) is 17.0 Å². The van der Waals surface area contributed by atoms with Crippen molar-refractivity contribution in [2.24, 2.45) is 0 Å². The zero-order valence-electron chi connectivity index (χ0n) is 14.1. The molecule has 1 N–H and O–H groups in total. The van der Waals surface area contributed by atoms with Crippen molar-refractivity contribution in [2.75, 3.05) is 39.3 Å². The predicted molar refractivity (Wildman–Crippen MR) is 92.7 cm³/mol. The Kier molecular flexibility index (Phi) is 6.26. The summed E-state index contributed by atoms with van der Waals surface area (Å²) < 4.78 is 2.13. The van der Waals surface area contributed by atoms with E-state index >= 15 is 0 Å². The Hall–Kier alpha value is -0.620. The number of likely N-dealkylation sites (tertiary alicyclic amines) is 1. The normalized spacial score (nSPS) is 23.7. The van der Waals surface area contributed by atoms with Gasteiger partial charge in [0.1, 0.15) is 0 Å². The summed E-state index contributed by atoms with van der Waals surface area (Å²) in [6.45, 7) is 15.7. The Morgan fingerprint density at radius 3 is 2.55 bits per heavy atom. The van der Waals surface area contributed by atoms with E-state index in [1.165, 1.54) is 49.6 Å². The minimum absolute atomic E-state index is 0. The summed E-state index contributed by atoms with van der Waals surface area (Å²) in [6, 6.07) is 0.758. The van der Waals surface area contributed by atoms with Crippen LogP contribution in [0.5, 0.6) is 0 Å². The van der Waals surface area contributed by atoms with Crippen LogP contribution in [-0.2, 0) is 13.1 Å². The molecule has 3 rings (SSSR count). The quantitative estimate of drug-likeness (QED) is 0.907. The first-order valence-electron chi connectivity index (χ1n) is 8.39. The molecule has 6 heteroatoms. The standard InChI is InChI=1S/C16H29N5.ClH/c1-4-21-14(3)16(13(2)18-21)12-19-8-5-15(11-19)20-9-6-17-7-10-20;/h15,17H,4-12H2,1-3H3;1H. The molecular weight excluding hydrogens is 298 g/mol. The monoisotopic (exact) mass is 327 g/mol. The molecule has 2 fully saturated rings. The molecule has 1 atom stereocenters. The van der Waals surface area contributed by atoms with Crippen LogP contribution < -0.4 is 5.32 Å². The summed E-state index contributed by atoms with van der Waals surface area (Å²) in [4.78, 5) is 5.29. The van der Waals surface area contributed by atoms with Crippen LogP contribution >= 0.6 is 12.4 Å². The van der Waals surface area contributed by atoms with Crippen molar-refractivity contribution in [2.45, 2.75) is 46.3 Å². The maximum atomic E-state index is 4.65. The smallest absolute Gasteiger partial charge is 0.0641 e. The van der Waals surface area contributed by atoms with Crippen LogP contribution in [0.3, 0.4) is 0 Å². The molecule has 0 spiro atoms. The number of nitrogens with zero attached hydrogens (tertiary/aromatic N) is 4. The van der Waals surface area contributed by atoms with E-state index in [1.54, 1.807) is 0 Å². The molecule has 2 saturated heterocycles. The Morgan fingerprint density at radius 2 is 1.91 bits per heavy atom. The van der Waals surface area contributed by atoms with Gasteiger partial charge in [-0.1, -0.05) is 0 Å². The van der Waals surface area contributed by atoms with Gasteiger partial charge in [0.25, 0.3) is 0 Å². The molecule has 3 heterocycles. The van der Waals surface area contributed by atoms with Crippen LogP contribution in [0.4, 0.5) is 0 Å². The van der Waals surface area contributed by atoms with Crippen LogP contribution in [0.1, 0.15) is 30.3 Å². The fraction of sp³-hybridized carbons (Fsp3) is 0.812. The number of hydrogen-bond donors (Lipinski definition) is 1. The number of hydrogen-bond acceptors (Lipinski definition) is 4. The Morgan fingerprint density at radius 1 is 1.18 bits per heavy atom. The second kappa shape index (κ2) is 7.77. The predicted octanol–water partition coefficient (Wildman–Crippen LogP) is 1.42. The van der Waals surface area contributed by atoms with Gasteiger partial charge in [0.15, 0.2) is 0 Å². The number of aryl methyl sites for hydroxylation is 2. The van der Waals surface area contributed by atoms with E-state index in [-0.39, 0.29) is 12.4 Å². The highest BCUT2D eigenvalue weighted by molar-refractivity contribution is 5.85. The van der Waals surface area contributed by atoms with Crippen molar-refractivity contribution in [3.63, 3.8) is 0 Å². The van der Waals surface area contributed by atoms with Crippen molar-refractivity contribution < 1.29 is 0 Å². The van der Waals surface area contributed by atoms with Gasteiger partial charge in [-0.15, -0.1) is 12.4 Å². The van der Waals surface area contributed by atoms with Gasteiger partial charge in [-0.2, -0.15) is 5.10 Å². The van der Waals surface area contributed by atoms with E-state index in [0.29, 0.717) is 0 Å². The molecule has 5 nitrogen and oxygen atoms in total. The molecule has 2 aliphatic rings. The second-order valence-electron chi connectivity index (χ2n) is 6.43. The van der Waals surface area contributed by atoms with Gasteiger partial charge >= 0.3 is 0 Å². The van der Waals surface area contributed by atoms with Gasteiger partial charge < -0.3 is 5.32 Å². The van der Waals surface area contributed by atoms with E-state index in [2.05, 4.69) is 45.7 Å². The summed E-state index contributed by atoms with van der Waals surface area (Å²) in [7, 11) is 0. The van der Waals surface area contributed by atoms with E-state index in [0.717, 1.165) is 32.2 Å². The fourth-order valence-corrected chi connectivity index (χ4v) is 3.80. The van der Waals surface area contributed by atoms with Gasteiger partial charge in [0, 0.05) is 69.7 Å². The lowest BCUT2D eigenvalue weighted by molar-refractivity contribution is 0.170. The van der Waals surface area contributed by atoms with Crippen molar-refractivity contribution >= 4 is 12.4 Å². The van der Waals surface area contributed by atoms with Crippen LogP contribution in [0.15, 0.2) is 0 Å². The highest BCUT2D eigenvalue weighted by atomic mass is 35.5. The van der Waals surface area contributed by atoms with E-state index in [9.17, 15) is 0 Å². The molecule has 0 aromatic carbocycles. The van der Waals surface area contributed by atoms with Crippen LogP contribution in [0.25, 0.3) is 0 Å². The topological polar surface area (TPSA) is 36.3 Å². The number of rotatable bonds is 4. The highest BCUT2D eigenvalue weighted by Gasteiger charge is 2.29. The zero-order chi connectivity index (χ0) is 14.8. The largest absolute Gasteiger partial charge is 0.314 e. The maximum absolute atomic E-state index is 4.65. The Balaban J connectivity index is 0.00000176. The summed E-state index contributed by atoms with van der Waals surface area (Å²) >= 11 is 0. The minimum Gasteiger partial charge on any atom is -0.314 e. The molecule has 0 radical (unpaired) electrons. The van der Waals surface area contributed by atoms with E-state index in [1.807, 2.05) is 0 Å². The van der Waals surface area contributed by atoms with Gasteiger partial charge in [-0.05, 0) is 27.2 Å². The van der Waals surface area contributed by atoms with Gasteiger partial charge in [0.2, 0.25) is 0 Å². The second-order valence-corrected chi connectivity index (χ2v) is 6.43. The molecule has 1 aromatic rings. The molecule has 22 heavy (non-hydrogen) atoms. The molecule has 0 amide bonds. The van der Waals surface area contributed by atoms with Crippen LogP contribution in [-0.4, -0.2) is 64.9 Å². The molecule has 1 aromatic heterocycles. The summed E-state index contributed by atoms with van der Waals surface area (Å²) in [5, 5.41) is 8.10. The molecule has 2 aliphatic heterocycles. The lowest BCUT2D eigenvalue weighted by Crippen LogP contribution is -2.49. The SMILES string of the molecule is CCn1nc(C)c(CN2CCC(N3CCNCC3)C2)c1C.Cl. The summed E-state index contributed by atoms with van der Waals surface area (Å²) in [5.74, 6) is 0. The van der Waals surface area contributed by atoms with Crippen LogP contribution in [0.2, 0.25) is 0 Å². The zero-order valence-corrected chi connectivity index (χ0v) is 15.0. The van der Waals surface area contributed by atoms with Crippen LogP contribution in [0, 0.1) is 13.8 Å². The first kappa shape index (κ1) is 17.7. The van der Waals surface area contributed by atoms with Gasteiger partial charge in [-0.3, -0.25) is 14.5 Å². The fourth-order valence-electron chi connectivity index (χ4n) is 3.80. The summed E-state index contributed by atoms with van der Waals surface area (Å²) in [6.07, 6.45) is 1.32. The number of nitrogens with one attached hydrogen (secondary N) is 1. The van der Waals surface area contributed by atoms with E-state index in [4.69, 9.17) is 0 Å². The van der Waals surface area contributed by atoms with Crippen molar-refractivity contribution in [1.82, 2.24) is 24.9 Å². The lowest BCUT2D eigenvalue weighted by Gasteiger charge is -2.32. The Bertz CT molecular complexity index is 481. The third kappa shape index (κ3) is 3.65. The first-order chi connectivity index (χ1) is 10.2. The molecule has 0 aliphatic carbocycles. The average molecular weight is 328 g/mol. The van der Waals surface area contributed by atoms with Crippen molar-refractivity contribution in [3.8, 4) is 0 Å². The number of piperazine rings is 1. The number of halogens is 1. The maximum Gasteiger partial charge on any atom is 0.0641 e. The molecule has 0 saturated carbocycles. The number of aromatic nitrogens is 2. The lowest BCUT2D eigenvalue weighted by atomic mass is 10.2. The Labute approximate surface area is 140 Å². The van der Waals surface area contributed by atoms with Gasteiger partial charge in [-0.25, -0.2) is 0 Å². The summed E-state index contributed by atoms with van der Waals surface area (Å²) in [5.41, 5.74) is 4.00. The van der Waals surface area contributed by atoms with E-state index < -0.39 is 0 Å². The highest BCUT2D eigenvalue weighted by Crippen LogP contribution is 2.21. The van der Waals surface area contributed by atoms with Crippen molar-refractivity contribution in [1.29, 1.82) is 0 Å². The minimum atomic E-state index is 0. The molecular formula is C16H30ClN5. The third-order valence-electron chi connectivity index (χ3n) is 5.13. The molecule has 1 unspecified atom stereocenters. The average Bonchev–Trinajstić information content (AvgIpc) is 3.08. The first-order valence-corrected chi connectivity index (χ1v) is 8.39.